The minimum absolute atomic E-state index is 0.0774. The molecule has 40 heavy (non-hydrogen) atoms. The summed E-state index contributed by atoms with van der Waals surface area (Å²) in [6, 6.07) is 12.2. The van der Waals surface area contributed by atoms with Crippen molar-refractivity contribution in [2.45, 2.75) is 78.9 Å². The Morgan fingerprint density at radius 2 is 1.38 bits per heavy atom. The molecule has 0 aliphatic rings. The van der Waals surface area contributed by atoms with E-state index in [1.165, 1.54) is 12.1 Å². The molecule has 0 aliphatic carbocycles. The molecule has 2 aromatic carbocycles. The van der Waals surface area contributed by atoms with Gasteiger partial charge < -0.3 is 24.7 Å². The van der Waals surface area contributed by atoms with Crippen molar-refractivity contribution < 1.29 is 38.1 Å². The Morgan fingerprint density at radius 1 is 0.800 bits per heavy atom. The van der Waals surface area contributed by atoms with Crippen LogP contribution in [0.5, 0.6) is 11.5 Å². The molecular formula is C31H41NO8. The standard InChI is InChI=1S/C31H41NO8/c1-6-20(3)15-28(33)39-26-14-13-23(18-27(26)40-29(34)16-21(4)7-2)17-25(32)31(36)37-19-22(5)38-30(35)24-11-9-8-10-12-24/h8-14,18,20-22,25H,6-7,15-17,19,32H2,1-5H3/t20?,21?,22-,25-/m0/s1. The summed E-state index contributed by atoms with van der Waals surface area (Å²) in [4.78, 5) is 49.6. The molecule has 0 bridgehead atoms. The number of esters is 4. The van der Waals surface area contributed by atoms with Gasteiger partial charge in [0.2, 0.25) is 0 Å². The number of hydrogen-bond acceptors (Lipinski definition) is 9. The lowest BCUT2D eigenvalue weighted by Gasteiger charge is -2.17. The van der Waals surface area contributed by atoms with E-state index in [9.17, 15) is 19.2 Å². The minimum Gasteiger partial charge on any atom is -0.461 e. The highest BCUT2D eigenvalue weighted by atomic mass is 16.6. The van der Waals surface area contributed by atoms with Crippen LogP contribution in [0.15, 0.2) is 48.5 Å². The smallest absolute Gasteiger partial charge is 0.338 e. The summed E-state index contributed by atoms with van der Waals surface area (Å²) in [6.45, 7) is 9.32. The van der Waals surface area contributed by atoms with E-state index in [0.717, 1.165) is 12.8 Å². The second kappa shape index (κ2) is 16.4. The number of carbonyl (C=O) groups excluding carboxylic acids is 4. The Bertz CT molecular complexity index is 1130. The highest BCUT2D eigenvalue weighted by Gasteiger charge is 2.22. The van der Waals surface area contributed by atoms with Gasteiger partial charge in [-0.05, 0) is 55.0 Å². The predicted molar refractivity (Wildman–Crippen MR) is 150 cm³/mol. The molecule has 0 aromatic heterocycles. The summed E-state index contributed by atoms with van der Waals surface area (Å²) in [5.74, 6) is -1.58. The van der Waals surface area contributed by atoms with Crippen molar-refractivity contribution in [3.63, 3.8) is 0 Å². The second-order valence-corrected chi connectivity index (χ2v) is 10.2. The molecule has 0 saturated carbocycles. The van der Waals surface area contributed by atoms with E-state index >= 15 is 0 Å². The van der Waals surface area contributed by atoms with Crippen LogP contribution in [0.25, 0.3) is 0 Å². The maximum absolute atomic E-state index is 12.5. The van der Waals surface area contributed by atoms with Crippen molar-refractivity contribution in [2.75, 3.05) is 6.61 Å². The summed E-state index contributed by atoms with van der Waals surface area (Å²) >= 11 is 0. The van der Waals surface area contributed by atoms with E-state index in [2.05, 4.69) is 0 Å². The molecule has 9 nitrogen and oxygen atoms in total. The molecule has 2 unspecified atom stereocenters. The molecule has 0 aliphatic heterocycles. The van der Waals surface area contributed by atoms with E-state index in [4.69, 9.17) is 24.7 Å². The summed E-state index contributed by atoms with van der Waals surface area (Å²) in [6.07, 6.45) is 1.48. The first-order valence-corrected chi connectivity index (χ1v) is 13.7. The number of hydrogen-bond donors (Lipinski definition) is 1. The average molecular weight is 556 g/mol. The Kier molecular flexibility index (Phi) is 13.3. The normalized spacial score (nSPS) is 13.8. The molecule has 218 valence electrons. The van der Waals surface area contributed by atoms with E-state index < -0.39 is 36.0 Å². The van der Waals surface area contributed by atoms with Gasteiger partial charge in [-0.2, -0.15) is 0 Å². The molecule has 9 heteroatoms. The number of benzene rings is 2. The lowest BCUT2D eigenvalue weighted by Crippen LogP contribution is -2.36. The second-order valence-electron chi connectivity index (χ2n) is 10.2. The van der Waals surface area contributed by atoms with E-state index in [1.54, 1.807) is 43.3 Å². The zero-order valence-electron chi connectivity index (χ0n) is 24.0. The quantitative estimate of drug-likeness (QED) is 0.237. The van der Waals surface area contributed by atoms with Crippen LogP contribution in [0.4, 0.5) is 0 Å². The third-order valence-electron chi connectivity index (χ3n) is 6.42. The Morgan fingerprint density at radius 3 is 1.95 bits per heavy atom. The van der Waals surface area contributed by atoms with Crippen LogP contribution >= 0.6 is 0 Å². The van der Waals surface area contributed by atoms with Crippen molar-refractivity contribution in [2.24, 2.45) is 17.6 Å². The van der Waals surface area contributed by atoms with Gasteiger partial charge in [0.1, 0.15) is 18.8 Å². The average Bonchev–Trinajstić information content (AvgIpc) is 2.93. The maximum atomic E-state index is 12.5. The van der Waals surface area contributed by atoms with E-state index in [-0.39, 0.29) is 49.2 Å². The van der Waals surface area contributed by atoms with Crippen LogP contribution in [0.2, 0.25) is 0 Å². The lowest BCUT2D eigenvalue weighted by atomic mass is 10.0. The van der Waals surface area contributed by atoms with Gasteiger partial charge in [0.15, 0.2) is 11.5 Å². The summed E-state index contributed by atoms with van der Waals surface area (Å²) in [5.41, 5.74) is 7.06. The molecule has 0 saturated heterocycles. The molecule has 0 heterocycles. The monoisotopic (exact) mass is 555 g/mol. The van der Waals surface area contributed by atoms with Gasteiger partial charge in [-0.1, -0.05) is 64.8 Å². The molecule has 0 fully saturated rings. The fourth-order valence-electron chi connectivity index (χ4n) is 3.53. The third kappa shape index (κ3) is 11.2. The van der Waals surface area contributed by atoms with Crippen molar-refractivity contribution in [1.82, 2.24) is 0 Å². The van der Waals surface area contributed by atoms with Gasteiger partial charge in [-0.3, -0.25) is 14.4 Å². The minimum atomic E-state index is -1.03. The van der Waals surface area contributed by atoms with Crippen LogP contribution in [0, 0.1) is 11.8 Å². The lowest BCUT2D eigenvalue weighted by molar-refractivity contribution is -0.148. The Balaban J connectivity index is 2.03. The molecular weight excluding hydrogens is 514 g/mol. The van der Waals surface area contributed by atoms with Crippen molar-refractivity contribution >= 4 is 23.9 Å². The topological polar surface area (TPSA) is 131 Å². The molecule has 0 radical (unpaired) electrons. The highest BCUT2D eigenvalue weighted by molar-refractivity contribution is 5.89. The number of nitrogens with two attached hydrogens (primary N) is 1. The predicted octanol–water partition coefficient (Wildman–Crippen LogP) is 5.03. The zero-order chi connectivity index (χ0) is 29.7. The summed E-state index contributed by atoms with van der Waals surface area (Å²) in [7, 11) is 0. The molecule has 4 atom stereocenters. The van der Waals surface area contributed by atoms with Crippen LogP contribution < -0.4 is 15.2 Å². The van der Waals surface area contributed by atoms with E-state index in [1.807, 2.05) is 27.7 Å². The van der Waals surface area contributed by atoms with Gasteiger partial charge in [0, 0.05) is 12.8 Å². The first kappa shape index (κ1) is 32.5. The third-order valence-corrected chi connectivity index (χ3v) is 6.42. The number of rotatable bonds is 15. The first-order chi connectivity index (χ1) is 19.0. The van der Waals surface area contributed by atoms with Crippen LogP contribution in [0.1, 0.15) is 76.2 Å². The number of ether oxygens (including phenoxy) is 4. The van der Waals surface area contributed by atoms with Crippen molar-refractivity contribution in [3.8, 4) is 11.5 Å². The van der Waals surface area contributed by atoms with Crippen LogP contribution in [-0.4, -0.2) is 42.6 Å². The van der Waals surface area contributed by atoms with Gasteiger partial charge in [0.25, 0.3) is 0 Å². The van der Waals surface area contributed by atoms with E-state index in [0.29, 0.717) is 11.1 Å². The van der Waals surface area contributed by atoms with Crippen LogP contribution in [-0.2, 0) is 30.3 Å². The molecule has 0 spiro atoms. The summed E-state index contributed by atoms with van der Waals surface area (Å²) < 4.78 is 21.6. The molecule has 0 amide bonds. The largest absolute Gasteiger partial charge is 0.461 e. The Hall–Kier alpha value is -3.72. The SMILES string of the molecule is CCC(C)CC(=O)Oc1ccc(C[C@H](N)C(=O)OC[C@H](C)OC(=O)c2ccccc2)cc1OC(=O)CC(C)CC. The molecule has 2 rings (SSSR count). The van der Waals surface area contributed by atoms with Crippen LogP contribution in [0.3, 0.4) is 0 Å². The van der Waals surface area contributed by atoms with Gasteiger partial charge >= 0.3 is 23.9 Å². The fraction of sp³-hybridized carbons (Fsp3) is 0.484. The maximum Gasteiger partial charge on any atom is 0.338 e. The molecule has 2 N–H and O–H groups in total. The fourth-order valence-corrected chi connectivity index (χ4v) is 3.53. The molecule has 2 aromatic rings. The number of carbonyl (C=O) groups is 4. The highest BCUT2D eigenvalue weighted by Crippen LogP contribution is 2.30. The van der Waals surface area contributed by atoms with Crippen molar-refractivity contribution in [3.05, 3.63) is 59.7 Å². The summed E-state index contributed by atoms with van der Waals surface area (Å²) in [5, 5.41) is 0. The zero-order valence-corrected chi connectivity index (χ0v) is 24.0. The first-order valence-electron chi connectivity index (χ1n) is 13.7. The van der Waals surface area contributed by atoms with Gasteiger partial charge in [0.05, 0.1) is 5.56 Å². The van der Waals surface area contributed by atoms with Gasteiger partial charge in [-0.15, -0.1) is 0 Å². The Labute approximate surface area is 236 Å². The van der Waals surface area contributed by atoms with Crippen molar-refractivity contribution in [1.29, 1.82) is 0 Å². The van der Waals surface area contributed by atoms with Gasteiger partial charge in [-0.25, -0.2) is 4.79 Å².